The number of carbonyl (C=O) groups excluding carboxylic acids is 1. The normalized spacial score (nSPS) is 28.2. The van der Waals surface area contributed by atoms with Gasteiger partial charge in [0, 0.05) is 0 Å². The van der Waals surface area contributed by atoms with Gasteiger partial charge in [0.05, 0.1) is 0 Å². The number of rotatable bonds is 0. The molecule has 0 unspecified atom stereocenters. The van der Waals surface area contributed by atoms with Crippen LogP contribution in [0.1, 0.15) is 27.7 Å². The Morgan fingerprint density at radius 1 is 1.30 bits per heavy atom. The molecule has 0 bridgehead atoms. The van der Waals surface area contributed by atoms with Crippen molar-refractivity contribution in [1.29, 1.82) is 0 Å². The van der Waals surface area contributed by atoms with Gasteiger partial charge in [-0.05, 0) is 0 Å². The predicted octanol–water partition coefficient (Wildman–Crippen LogP) is 0.960. The average molecular weight is 206 g/mol. The van der Waals surface area contributed by atoms with Crippen LogP contribution < -0.4 is 4.33 Å². The van der Waals surface area contributed by atoms with E-state index >= 15 is 0 Å². The maximum absolute atomic E-state index is 11.2. The van der Waals surface area contributed by atoms with Crippen molar-refractivity contribution in [2.45, 2.75) is 32.0 Å². The molecule has 0 aromatic carbocycles. The molecule has 1 amide bonds. The van der Waals surface area contributed by atoms with E-state index in [-0.39, 0.29) is 30.8 Å². The van der Waals surface area contributed by atoms with E-state index in [1.54, 1.807) is 0 Å². The second kappa shape index (κ2) is 1.99. The summed E-state index contributed by atoms with van der Waals surface area (Å²) in [4.78, 5) is 11.2. The molecular weight excluding hydrogens is 193 g/mol. The van der Waals surface area contributed by atoms with Crippen LogP contribution in [-0.2, 0) is 4.79 Å². The van der Waals surface area contributed by atoms with Crippen molar-refractivity contribution in [1.82, 2.24) is 4.33 Å². The number of hydrogen-bond donors (Lipinski definition) is 1. The minimum absolute atomic E-state index is 0.164. The Morgan fingerprint density at radius 2 is 1.80 bits per heavy atom. The van der Waals surface area contributed by atoms with Crippen LogP contribution in [0.25, 0.3) is 0 Å². The summed E-state index contributed by atoms with van der Waals surface area (Å²) in [6, 6.07) is 0. The molecule has 10 heavy (non-hydrogen) atoms. The van der Waals surface area contributed by atoms with Gasteiger partial charge in [-0.15, -0.1) is 0 Å². The Kier molecular flexibility index (Phi) is 1.61. The minimum atomic E-state index is -0.174. The van der Waals surface area contributed by atoms with Crippen LogP contribution in [0, 0.1) is 5.41 Å². The Labute approximate surface area is 68.1 Å². The number of amides is 1. The van der Waals surface area contributed by atoms with Crippen molar-refractivity contribution in [3.8, 4) is 0 Å². The Bertz CT molecular complexity index is 174. The Morgan fingerprint density at radius 3 is 1.90 bits per heavy atom. The van der Waals surface area contributed by atoms with Gasteiger partial charge in [0.1, 0.15) is 0 Å². The van der Waals surface area contributed by atoms with Crippen LogP contribution in [-0.4, -0.2) is 21.1 Å². The van der Waals surface area contributed by atoms with E-state index in [2.05, 4.69) is 18.2 Å². The molecule has 0 atom stereocenters. The fourth-order valence-corrected chi connectivity index (χ4v) is 2.70. The summed E-state index contributed by atoms with van der Waals surface area (Å²) >= 11 is 0.271. The zero-order valence-corrected chi connectivity index (χ0v) is 8.53. The summed E-state index contributed by atoms with van der Waals surface area (Å²) in [6.45, 7) is 8.31. The van der Waals surface area contributed by atoms with Crippen molar-refractivity contribution >= 4 is 21.1 Å². The second-order valence-corrected chi connectivity index (χ2v) is 6.67. The average Bonchev–Trinajstić information content (AvgIpc) is 1.94. The molecule has 1 heterocycles. The van der Waals surface area contributed by atoms with Crippen molar-refractivity contribution in [3.05, 3.63) is 0 Å². The monoisotopic (exact) mass is 207 g/mol. The van der Waals surface area contributed by atoms with Gasteiger partial charge in [0.2, 0.25) is 0 Å². The quantitative estimate of drug-likeness (QED) is 0.587. The van der Waals surface area contributed by atoms with Gasteiger partial charge in [0.15, 0.2) is 0 Å². The van der Waals surface area contributed by atoms with E-state index in [1.807, 2.05) is 13.8 Å². The molecule has 0 spiro atoms. The van der Waals surface area contributed by atoms with Crippen molar-refractivity contribution < 1.29 is 4.79 Å². The fraction of sp³-hybridized carbons (Fsp3) is 0.857. The molecule has 58 valence electrons. The molecule has 0 radical (unpaired) electrons. The van der Waals surface area contributed by atoms with E-state index in [1.165, 1.54) is 0 Å². The van der Waals surface area contributed by atoms with Gasteiger partial charge in [0.25, 0.3) is 0 Å². The molecule has 0 saturated carbocycles. The summed E-state index contributed by atoms with van der Waals surface area (Å²) < 4.78 is 3.09. The van der Waals surface area contributed by atoms with Crippen LogP contribution in [0.3, 0.4) is 0 Å². The first kappa shape index (κ1) is 8.09. The zero-order valence-electron chi connectivity index (χ0n) is 6.82. The number of hydrogen-bond acceptors (Lipinski definition) is 1. The van der Waals surface area contributed by atoms with E-state index < -0.39 is 0 Å². The molecule has 0 aromatic rings. The van der Waals surface area contributed by atoms with Gasteiger partial charge in [-0.1, -0.05) is 0 Å². The van der Waals surface area contributed by atoms with E-state index in [4.69, 9.17) is 0 Å². The molecule has 0 aliphatic carbocycles. The summed E-state index contributed by atoms with van der Waals surface area (Å²) in [7, 11) is 0. The topological polar surface area (TPSA) is 29.1 Å². The predicted molar refractivity (Wildman–Crippen MR) is 41.7 cm³/mol. The molecule has 1 rings (SSSR count). The number of nitrogens with one attached hydrogen (secondary N) is 1. The summed E-state index contributed by atoms with van der Waals surface area (Å²) in [5.41, 5.74) is -0.174. The molecule has 3 heteroatoms. The summed E-state index contributed by atoms with van der Waals surface area (Å²) in [5.74, 6) is 0.206. The van der Waals surface area contributed by atoms with Crippen LogP contribution in [0.4, 0.5) is 0 Å². The first-order valence-electron chi connectivity index (χ1n) is 3.36. The third kappa shape index (κ3) is 0.886. The van der Waals surface area contributed by atoms with Gasteiger partial charge in [-0.2, -0.15) is 0 Å². The van der Waals surface area contributed by atoms with Crippen LogP contribution in [0.2, 0.25) is 4.31 Å². The Hall–Kier alpha value is -0.0105. The van der Waals surface area contributed by atoms with E-state index in [0.717, 1.165) is 0 Å². The van der Waals surface area contributed by atoms with Gasteiger partial charge >= 0.3 is 67.6 Å². The van der Waals surface area contributed by atoms with Crippen molar-refractivity contribution in [2.75, 3.05) is 0 Å². The zero-order chi connectivity index (χ0) is 7.99. The van der Waals surface area contributed by atoms with Gasteiger partial charge in [-0.25, -0.2) is 0 Å². The molecule has 1 fully saturated rings. The van der Waals surface area contributed by atoms with Gasteiger partial charge in [-0.3, -0.25) is 0 Å². The van der Waals surface area contributed by atoms with E-state index in [9.17, 15) is 4.79 Å². The van der Waals surface area contributed by atoms with Crippen LogP contribution >= 0.6 is 0 Å². The van der Waals surface area contributed by atoms with E-state index in [0.29, 0.717) is 0 Å². The molecule has 1 aliphatic heterocycles. The third-order valence-corrected chi connectivity index (χ3v) is 5.22. The first-order valence-corrected chi connectivity index (χ1v) is 5.08. The van der Waals surface area contributed by atoms with Gasteiger partial charge < -0.3 is 0 Å². The molecular formula is C7H13NOSe. The molecule has 0 aromatic heterocycles. The standard InChI is InChI=1S/C7H13NOSe/c1-6(2)5(9)8-10-7(6,3)4/h1-4H3,(H,8,9). The SMILES string of the molecule is CC1(C)[Se]NC(=O)C1(C)C. The summed E-state index contributed by atoms with van der Waals surface area (Å²) in [6.07, 6.45) is 0. The number of carbonyl (C=O) groups is 1. The Balaban J connectivity index is 2.95. The molecule has 1 aliphatic rings. The molecule has 1 N–H and O–H groups in total. The maximum atomic E-state index is 11.2. The van der Waals surface area contributed by atoms with Crippen LogP contribution in [0.15, 0.2) is 0 Å². The second-order valence-electron chi connectivity index (χ2n) is 3.67. The fourth-order valence-electron chi connectivity index (χ4n) is 0.702. The van der Waals surface area contributed by atoms with Crippen molar-refractivity contribution in [2.24, 2.45) is 5.41 Å². The van der Waals surface area contributed by atoms with Crippen molar-refractivity contribution in [3.63, 3.8) is 0 Å². The molecule has 1 saturated heterocycles. The third-order valence-electron chi connectivity index (χ3n) is 2.47. The summed E-state index contributed by atoms with van der Waals surface area (Å²) in [5, 5.41) is 0. The molecule has 2 nitrogen and oxygen atoms in total. The van der Waals surface area contributed by atoms with Crippen LogP contribution in [0.5, 0.6) is 0 Å². The first-order chi connectivity index (χ1) is 4.38.